The fourth-order valence-electron chi connectivity index (χ4n) is 1.75. The summed E-state index contributed by atoms with van der Waals surface area (Å²) in [6.45, 7) is 6.74. The van der Waals surface area contributed by atoms with Gasteiger partial charge in [0.1, 0.15) is 5.75 Å². The first-order chi connectivity index (χ1) is 11.0. The summed E-state index contributed by atoms with van der Waals surface area (Å²) in [4.78, 5) is 11.9. The van der Waals surface area contributed by atoms with Crippen LogP contribution in [0.2, 0.25) is 0 Å². The van der Waals surface area contributed by atoms with Gasteiger partial charge in [0.05, 0.1) is 6.61 Å². The minimum absolute atomic E-state index is 0.0604. The minimum atomic E-state index is -0.0604. The number of aromatic nitrogens is 2. The van der Waals surface area contributed by atoms with E-state index in [2.05, 4.69) is 29.4 Å². The van der Waals surface area contributed by atoms with Gasteiger partial charge in [0.25, 0.3) is 0 Å². The van der Waals surface area contributed by atoms with Crippen molar-refractivity contribution in [3.8, 4) is 5.75 Å². The third-order valence-electron chi connectivity index (χ3n) is 2.83. The average Bonchev–Trinajstić information content (AvgIpc) is 2.91. The third-order valence-corrected chi connectivity index (χ3v) is 4.75. The van der Waals surface area contributed by atoms with Crippen molar-refractivity contribution < 1.29 is 9.53 Å². The van der Waals surface area contributed by atoms with E-state index in [1.807, 2.05) is 31.2 Å². The van der Waals surface area contributed by atoms with E-state index < -0.39 is 0 Å². The molecule has 1 amide bonds. The molecule has 7 heteroatoms. The highest BCUT2D eigenvalue weighted by atomic mass is 32.2. The van der Waals surface area contributed by atoms with Gasteiger partial charge in [-0.25, -0.2) is 0 Å². The van der Waals surface area contributed by atoms with E-state index in [9.17, 15) is 4.79 Å². The Morgan fingerprint density at radius 3 is 2.74 bits per heavy atom. The second-order valence-corrected chi connectivity index (χ2v) is 8.15. The molecule has 5 nitrogen and oxygen atoms in total. The number of thioether (sulfide) groups is 1. The van der Waals surface area contributed by atoms with Crippen molar-refractivity contribution in [2.24, 2.45) is 0 Å². The standard InChI is InChI=1S/C16H21N3O2S2/c1-11(2)22-16-19-18-15(23-16)17-14(20)5-4-10-21-13-8-6-12(3)7-9-13/h6-9,11H,4-5,10H2,1-3H3,(H,17,18,20). The quantitative estimate of drug-likeness (QED) is 0.440. The monoisotopic (exact) mass is 351 g/mol. The number of nitrogens with one attached hydrogen (secondary N) is 1. The van der Waals surface area contributed by atoms with Crippen LogP contribution in [0.25, 0.3) is 0 Å². The Labute approximate surface area is 144 Å². The zero-order valence-corrected chi connectivity index (χ0v) is 15.2. The summed E-state index contributed by atoms with van der Waals surface area (Å²) in [6, 6.07) is 7.88. The number of carbonyl (C=O) groups is 1. The first-order valence-electron chi connectivity index (χ1n) is 7.52. The van der Waals surface area contributed by atoms with E-state index in [0.29, 0.717) is 29.8 Å². The van der Waals surface area contributed by atoms with E-state index >= 15 is 0 Å². The minimum Gasteiger partial charge on any atom is -0.494 e. The Morgan fingerprint density at radius 1 is 1.30 bits per heavy atom. The number of carbonyl (C=O) groups excluding carboxylic acids is 1. The van der Waals surface area contributed by atoms with Crippen LogP contribution in [-0.4, -0.2) is 28.0 Å². The summed E-state index contributed by atoms with van der Waals surface area (Å²) in [5, 5.41) is 11.8. The normalized spacial score (nSPS) is 10.8. The molecule has 0 bridgehead atoms. The van der Waals surface area contributed by atoms with Crippen molar-refractivity contribution in [1.82, 2.24) is 10.2 Å². The van der Waals surface area contributed by atoms with Gasteiger partial charge in [0, 0.05) is 11.7 Å². The number of nitrogens with zero attached hydrogens (tertiary/aromatic N) is 2. The number of hydrogen-bond donors (Lipinski definition) is 1. The van der Waals surface area contributed by atoms with Gasteiger partial charge in [-0.3, -0.25) is 4.79 Å². The largest absolute Gasteiger partial charge is 0.494 e. The maximum atomic E-state index is 11.9. The highest BCUT2D eigenvalue weighted by molar-refractivity contribution is 8.01. The van der Waals surface area contributed by atoms with Crippen LogP contribution < -0.4 is 10.1 Å². The van der Waals surface area contributed by atoms with Gasteiger partial charge < -0.3 is 10.1 Å². The topological polar surface area (TPSA) is 64.1 Å². The Morgan fingerprint density at radius 2 is 2.04 bits per heavy atom. The van der Waals surface area contributed by atoms with Crippen LogP contribution in [0.15, 0.2) is 28.6 Å². The zero-order valence-electron chi connectivity index (χ0n) is 13.5. The molecule has 0 aliphatic carbocycles. The molecule has 23 heavy (non-hydrogen) atoms. The molecule has 1 heterocycles. The van der Waals surface area contributed by atoms with Crippen LogP contribution in [0, 0.1) is 6.92 Å². The van der Waals surface area contributed by atoms with E-state index in [4.69, 9.17) is 4.74 Å². The number of amides is 1. The van der Waals surface area contributed by atoms with E-state index in [1.54, 1.807) is 11.8 Å². The maximum Gasteiger partial charge on any atom is 0.226 e. The molecule has 1 aromatic heterocycles. The highest BCUT2D eigenvalue weighted by Crippen LogP contribution is 2.28. The Hall–Kier alpha value is -1.60. The summed E-state index contributed by atoms with van der Waals surface area (Å²) in [7, 11) is 0. The molecule has 124 valence electrons. The van der Waals surface area contributed by atoms with Crippen LogP contribution in [0.3, 0.4) is 0 Å². The summed E-state index contributed by atoms with van der Waals surface area (Å²) < 4.78 is 6.47. The predicted molar refractivity (Wildman–Crippen MR) is 95.4 cm³/mol. The molecule has 0 atom stereocenters. The summed E-state index contributed by atoms with van der Waals surface area (Å²) in [6.07, 6.45) is 1.06. The maximum absolute atomic E-state index is 11.9. The number of ether oxygens (including phenoxy) is 1. The molecule has 0 spiro atoms. The van der Waals surface area contributed by atoms with Gasteiger partial charge in [-0.05, 0) is 25.5 Å². The van der Waals surface area contributed by atoms with Crippen LogP contribution in [0.1, 0.15) is 32.3 Å². The van der Waals surface area contributed by atoms with Crippen molar-refractivity contribution in [3.63, 3.8) is 0 Å². The molecule has 0 aliphatic rings. The van der Waals surface area contributed by atoms with Crippen LogP contribution in [-0.2, 0) is 4.79 Å². The number of rotatable bonds is 8. The predicted octanol–water partition coefficient (Wildman–Crippen LogP) is 4.14. The molecule has 0 fully saturated rings. The second kappa shape index (κ2) is 8.88. The molecule has 0 unspecified atom stereocenters. The Bertz CT molecular complexity index is 627. The van der Waals surface area contributed by atoms with Crippen molar-refractivity contribution in [2.75, 3.05) is 11.9 Å². The molecule has 2 aromatic rings. The smallest absolute Gasteiger partial charge is 0.226 e. The van der Waals surface area contributed by atoms with Crippen molar-refractivity contribution in [2.45, 2.75) is 43.2 Å². The SMILES string of the molecule is Cc1ccc(OCCCC(=O)Nc2nnc(SC(C)C)s2)cc1. The van der Waals surface area contributed by atoms with Gasteiger partial charge in [0.15, 0.2) is 4.34 Å². The van der Waals surface area contributed by atoms with E-state index in [-0.39, 0.29) is 5.91 Å². The van der Waals surface area contributed by atoms with Crippen LogP contribution in [0.4, 0.5) is 5.13 Å². The first kappa shape index (κ1) is 17.7. The lowest BCUT2D eigenvalue weighted by Crippen LogP contribution is -2.12. The highest BCUT2D eigenvalue weighted by Gasteiger charge is 2.09. The van der Waals surface area contributed by atoms with Gasteiger partial charge in [0.2, 0.25) is 11.0 Å². The van der Waals surface area contributed by atoms with Gasteiger partial charge >= 0.3 is 0 Å². The van der Waals surface area contributed by atoms with Crippen molar-refractivity contribution in [3.05, 3.63) is 29.8 Å². The number of anilines is 1. The Balaban J connectivity index is 1.66. The Kier molecular flexibility index (Phi) is 6.85. The average molecular weight is 351 g/mol. The van der Waals surface area contributed by atoms with Gasteiger partial charge in [-0.2, -0.15) is 0 Å². The number of aryl methyl sites for hydroxylation is 1. The summed E-state index contributed by atoms with van der Waals surface area (Å²) >= 11 is 3.04. The van der Waals surface area contributed by atoms with Gasteiger partial charge in [-0.15, -0.1) is 10.2 Å². The lowest BCUT2D eigenvalue weighted by Gasteiger charge is -2.06. The fourth-order valence-corrected chi connectivity index (χ4v) is 3.74. The first-order valence-corrected chi connectivity index (χ1v) is 9.22. The van der Waals surface area contributed by atoms with Crippen LogP contribution in [0.5, 0.6) is 5.75 Å². The van der Waals surface area contributed by atoms with E-state index in [1.165, 1.54) is 16.9 Å². The molecule has 0 saturated heterocycles. The lowest BCUT2D eigenvalue weighted by atomic mass is 10.2. The molecule has 0 saturated carbocycles. The third kappa shape index (κ3) is 6.58. The van der Waals surface area contributed by atoms with Gasteiger partial charge in [-0.1, -0.05) is 54.6 Å². The summed E-state index contributed by atoms with van der Waals surface area (Å²) in [5.74, 6) is 0.769. The molecule has 1 N–H and O–H groups in total. The molecule has 2 rings (SSSR count). The van der Waals surface area contributed by atoms with E-state index in [0.717, 1.165) is 10.1 Å². The van der Waals surface area contributed by atoms with Crippen LogP contribution >= 0.6 is 23.1 Å². The second-order valence-electron chi connectivity index (χ2n) is 5.35. The molecular formula is C16H21N3O2S2. The summed E-state index contributed by atoms with van der Waals surface area (Å²) in [5.41, 5.74) is 1.20. The molecular weight excluding hydrogens is 330 g/mol. The number of hydrogen-bond acceptors (Lipinski definition) is 6. The number of benzene rings is 1. The zero-order chi connectivity index (χ0) is 16.7. The molecule has 0 radical (unpaired) electrons. The van der Waals surface area contributed by atoms with Crippen molar-refractivity contribution in [1.29, 1.82) is 0 Å². The molecule has 1 aromatic carbocycles. The fraction of sp³-hybridized carbons (Fsp3) is 0.438. The van der Waals surface area contributed by atoms with Crippen molar-refractivity contribution >= 4 is 34.1 Å². The molecule has 0 aliphatic heterocycles. The lowest BCUT2D eigenvalue weighted by molar-refractivity contribution is -0.116.